The Kier molecular flexibility index (Phi) is 38.7. The number of unbranched alkanes of at least 4 members (excludes halogenated alkanes) is 29. The number of hydrogen-bond acceptors (Lipinski definition) is 4. The molecule has 0 heterocycles. The fourth-order valence-corrected chi connectivity index (χ4v) is 6.61. The van der Waals surface area contributed by atoms with Gasteiger partial charge in [0.25, 0.3) is 0 Å². The first kappa shape index (κ1) is 47.8. The summed E-state index contributed by atoms with van der Waals surface area (Å²) in [7, 11) is 0. The van der Waals surface area contributed by atoms with E-state index in [0.717, 1.165) is 38.5 Å². The molecule has 3 atom stereocenters. The normalized spacial score (nSPS) is 13.8. The second-order valence-electron chi connectivity index (χ2n) is 14.9. The number of amides is 1. The molecule has 0 aromatic rings. The monoisotopic (exact) mass is 692 g/mol. The van der Waals surface area contributed by atoms with Crippen LogP contribution in [-0.4, -0.2) is 46.1 Å². The van der Waals surface area contributed by atoms with E-state index in [1.807, 2.05) is 6.08 Å². The number of hydrogen-bond donors (Lipinski definition) is 4. The lowest BCUT2D eigenvalue weighted by molar-refractivity contribution is -0.131. The number of nitrogens with one attached hydrogen (secondary N) is 1. The predicted molar refractivity (Wildman–Crippen MR) is 213 cm³/mol. The van der Waals surface area contributed by atoms with Crippen molar-refractivity contribution in [2.24, 2.45) is 0 Å². The maximum atomic E-state index is 12.4. The first-order valence-corrected chi connectivity index (χ1v) is 21.7. The second kappa shape index (κ2) is 39.6. The largest absolute Gasteiger partial charge is 0.394 e. The van der Waals surface area contributed by atoms with Gasteiger partial charge in [0.15, 0.2) is 0 Å². The lowest BCUT2D eigenvalue weighted by Crippen LogP contribution is -2.48. The Hall–Kier alpha value is -1.17. The molecule has 0 fully saturated rings. The average Bonchev–Trinajstić information content (AvgIpc) is 3.11. The van der Waals surface area contributed by atoms with Crippen LogP contribution in [-0.2, 0) is 4.79 Å². The van der Waals surface area contributed by atoms with Crippen LogP contribution >= 0.6 is 0 Å². The maximum absolute atomic E-state index is 12.4. The van der Waals surface area contributed by atoms with E-state index >= 15 is 0 Å². The van der Waals surface area contributed by atoms with Crippen LogP contribution in [0.5, 0.6) is 0 Å². The molecule has 4 N–H and O–H groups in total. The topological polar surface area (TPSA) is 89.8 Å². The summed E-state index contributed by atoms with van der Waals surface area (Å²) >= 11 is 0. The molecule has 0 aliphatic carbocycles. The highest BCUT2D eigenvalue weighted by Crippen LogP contribution is 2.16. The van der Waals surface area contributed by atoms with Gasteiger partial charge in [-0.1, -0.05) is 218 Å². The van der Waals surface area contributed by atoms with Gasteiger partial charge in [0, 0.05) is 0 Å². The molecule has 0 spiro atoms. The van der Waals surface area contributed by atoms with Crippen LogP contribution in [0.4, 0.5) is 0 Å². The van der Waals surface area contributed by atoms with Gasteiger partial charge < -0.3 is 20.6 Å². The fourth-order valence-electron chi connectivity index (χ4n) is 6.61. The zero-order valence-corrected chi connectivity index (χ0v) is 32.8. The summed E-state index contributed by atoms with van der Waals surface area (Å²) in [4.78, 5) is 12.4. The zero-order chi connectivity index (χ0) is 35.9. The fraction of sp³-hybridized carbons (Fsp3) is 0.886. The Morgan fingerprint density at radius 1 is 0.490 bits per heavy atom. The molecule has 0 saturated carbocycles. The van der Waals surface area contributed by atoms with Gasteiger partial charge in [0.05, 0.1) is 18.8 Å². The van der Waals surface area contributed by atoms with E-state index in [1.165, 1.54) is 167 Å². The van der Waals surface area contributed by atoms with E-state index in [4.69, 9.17) is 0 Å². The van der Waals surface area contributed by atoms with Crippen molar-refractivity contribution in [3.05, 3.63) is 24.3 Å². The molecule has 0 rings (SSSR count). The SMILES string of the molecule is CCCCCCCCCCCCCCCCCCCCC/C=C/CC/C=C/C(O)C(CO)NC(=O)C(O)CCCCCCCCCCCC. The van der Waals surface area contributed by atoms with Crippen LogP contribution in [0.1, 0.15) is 226 Å². The Morgan fingerprint density at radius 3 is 1.24 bits per heavy atom. The van der Waals surface area contributed by atoms with Crippen molar-refractivity contribution in [2.45, 2.75) is 244 Å². The number of rotatable bonds is 39. The Bertz CT molecular complexity index is 724. The van der Waals surface area contributed by atoms with E-state index in [0.29, 0.717) is 6.42 Å². The molecule has 0 aliphatic heterocycles. The highest BCUT2D eigenvalue weighted by Gasteiger charge is 2.22. The Labute approximate surface area is 305 Å². The van der Waals surface area contributed by atoms with Gasteiger partial charge in [-0.05, 0) is 32.1 Å². The first-order valence-electron chi connectivity index (χ1n) is 21.7. The summed E-state index contributed by atoms with van der Waals surface area (Å²) in [5, 5.41) is 33.0. The van der Waals surface area contributed by atoms with E-state index < -0.39 is 24.2 Å². The number of aliphatic hydroxyl groups is 3. The molecular formula is C44H85NO4. The summed E-state index contributed by atoms with van der Waals surface area (Å²) in [6.07, 6.45) is 48.0. The summed E-state index contributed by atoms with van der Waals surface area (Å²) < 4.78 is 0. The van der Waals surface area contributed by atoms with Crippen LogP contribution in [0, 0.1) is 0 Å². The van der Waals surface area contributed by atoms with E-state index in [2.05, 4.69) is 31.3 Å². The van der Waals surface area contributed by atoms with Crippen molar-refractivity contribution in [3.8, 4) is 0 Å². The molecule has 0 bridgehead atoms. The summed E-state index contributed by atoms with van der Waals surface area (Å²) in [5.74, 6) is -0.514. The minimum atomic E-state index is -1.10. The van der Waals surface area contributed by atoms with Crippen molar-refractivity contribution >= 4 is 5.91 Å². The van der Waals surface area contributed by atoms with Crippen LogP contribution < -0.4 is 5.32 Å². The summed E-state index contributed by atoms with van der Waals surface area (Å²) in [6.45, 7) is 4.15. The van der Waals surface area contributed by atoms with Crippen molar-refractivity contribution in [2.75, 3.05) is 6.61 Å². The molecule has 5 heteroatoms. The van der Waals surface area contributed by atoms with Crippen LogP contribution in [0.3, 0.4) is 0 Å². The minimum absolute atomic E-state index is 0.373. The predicted octanol–water partition coefficient (Wildman–Crippen LogP) is 12.2. The van der Waals surface area contributed by atoms with Gasteiger partial charge in [0.2, 0.25) is 5.91 Å². The van der Waals surface area contributed by atoms with E-state index in [1.54, 1.807) is 6.08 Å². The molecule has 0 aliphatic rings. The van der Waals surface area contributed by atoms with Gasteiger partial charge in [-0.2, -0.15) is 0 Å². The number of allylic oxidation sites excluding steroid dienone is 3. The quantitative estimate of drug-likeness (QED) is 0.0381. The number of carbonyl (C=O) groups is 1. The molecule has 0 aromatic carbocycles. The van der Waals surface area contributed by atoms with Crippen molar-refractivity contribution in [1.82, 2.24) is 5.32 Å². The highest BCUT2D eigenvalue weighted by molar-refractivity contribution is 5.80. The second-order valence-corrected chi connectivity index (χ2v) is 14.9. The molecule has 49 heavy (non-hydrogen) atoms. The van der Waals surface area contributed by atoms with Gasteiger partial charge in [-0.25, -0.2) is 0 Å². The lowest BCUT2D eigenvalue weighted by Gasteiger charge is -2.21. The molecular weight excluding hydrogens is 606 g/mol. The maximum Gasteiger partial charge on any atom is 0.249 e. The van der Waals surface area contributed by atoms with E-state index in [9.17, 15) is 20.1 Å². The number of aliphatic hydroxyl groups excluding tert-OH is 3. The molecule has 0 saturated heterocycles. The third kappa shape index (κ3) is 35.0. The van der Waals surface area contributed by atoms with Crippen LogP contribution in [0.15, 0.2) is 24.3 Å². The average molecular weight is 692 g/mol. The molecule has 5 nitrogen and oxygen atoms in total. The van der Waals surface area contributed by atoms with E-state index in [-0.39, 0.29) is 6.61 Å². The van der Waals surface area contributed by atoms with Gasteiger partial charge in [0.1, 0.15) is 6.10 Å². The zero-order valence-electron chi connectivity index (χ0n) is 32.8. The highest BCUT2D eigenvalue weighted by atomic mass is 16.3. The summed E-state index contributed by atoms with van der Waals surface area (Å²) in [5.41, 5.74) is 0. The first-order chi connectivity index (χ1) is 24.1. The molecule has 0 aromatic heterocycles. The van der Waals surface area contributed by atoms with Gasteiger partial charge in [-0.15, -0.1) is 0 Å². The smallest absolute Gasteiger partial charge is 0.249 e. The van der Waals surface area contributed by atoms with Crippen molar-refractivity contribution in [3.63, 3.8) is 0 Å². The number of carbonyl (C=O) groups excluding carboxylic acids is 1. The molecule has 3 unspecified atom stereocenters. The van der Waals surface area contributed by atoms with Gasteiger partial charge >= 0.3 is 0 Å². The molecule has 290 valence electrons. The molecule has 0 radical (unpaired) electrons. The summed E-state index contributed by atoms with van der Waals surface area (Å²) in [6, 6.07) is -0.809. The third-order valence-corrected chi connectivity index (χ3v) is 10.0. The molecule has 1 amide bonds. The van der Waals surface area contributed by atoms with Gasteiger partial charge in [-0.3, -0.25) is 4.79 Å². The third-order valence-electron chi connectivity index (χ3n) is 10.0. The van der Waals surface area contributed by atoms with Crippen molar-refractivity contribution in [1.29, 1.82) is 0 Å². The van der Waals surface area contributed by atoms with Crippen molar-refractivity contribution < 1.29 is 20.1 Å². The minimum Gasteiger partial charge on any atom is -0.394 e. The van der Waals surface area contributed by atoms with Crippen LogP contribution in [0.25, 0.3) is 0 Å². The lowest BCUT2D eigenvalue weighted by atomic mass is 10.0. The Morgan fingerprint density at radius 2 is 0.837 bits per heavy atom. The van der Waals surface area contributed by atoms with Crippen LogP contribution in [0.2, 0.25) is 0 Å². The standard InChI is InChI=1S/C44H85NO4/c1-3-5-7-9-11-13-15-16-17-18-19-20-21-22-23-24-25-26-27-28-29-31-32-34-36-38-42(47)41(40-46)45-44(49)43(48)39-37-35-33-30-14-12-10-8-6-4-2/h29,31,36,38,41-43,46-48H,3-28,30,32-35,37,39-40H2,1-2H3,(H,45,49)/b31-29+,38-36+. The Balaban J connectivity index is 3.64.